The van der Waals surface area contributed by atoms with Gasteiger partial charge in [0.2, 0.25) is 0 Å². The number of carbonyl (C=O) groups is 1. The molecule has 0 aromatic carbocycles. The van der Waals surface area contributed by atoms with Crippen LogP contribution in [-0.4, -0.2) is 11.1 Å². The quantitative estimate of drug-likeness (QED) is 0.554. The monoisotopic (exact) mass is 300 g/mol. The molecular formula is C20H28O2. The maximum Gasteiger partial charge on any atom is 0.328 e. The summed E-state index contributed by atoms with van der Waals surface area (Å²) in [7, 11) is 0. The third-order valence-corrected chi connectivity index (χ3v) is 5.37. The molecule has 0 saturated carbocycles. The van der Waals surface area contributed by atoms with E-state index < -0.39 is 5.97 Å². The van der Waals surface area contributed by atoms with Crippen LogP contribution in [0.15, 0.2) is 47.1 Å². The predicted octanol–water partition coefficient (Wildman–Crippen LogP) is 5.44. The zero-order chi connectivity index (χ0) is 16.5. The van der Waals surface area contributed by atoms with E-state index in [4.69, 9.17) is 5.11 Å². The standard InChI is InChI=1S/C20H28O2/c1-14(12-18(21)22)8-6-11-20(5)13-17-16(15(20)2)9-7-10-19(17,3)4/h6,8,12H,2,7,9-11,13H2,1,3-5H3,(H,21,22). The van der Waals surface area contributed by atoms with Gasteiger partial charge in [0.1, 0.15) is 0 Å². The van der Waals surface area contributed by atoms with Crippen LogP contribution in [0.5, 0.6) is 0 Å². The molecule has 120 valence electrons. The summed E-state index contributed by atoms with van der Waals surface area (Å²) in [5, 5.41) is 8.75. The van der Waals surface area contributed by atoms with Crippen molar-refractivity contribution in [2.75, 3.05) is 0 Å². The SMILES string of the molecule is C=C1C2=C(CC1(C)CC=CC(C)=CC(=O)O)C(C)(C)CCC2. The van der Waals surface area contributed by atoms with E-state index in [9.17, 15) is 4.79 Å². The highest BCUT2D eigenvalue weighted by molar-refractivity contribution is 5.81. The van der Waals surface area contributed by atoms with E-state index in [0.717, 1.165) is 18.4 Å². The molecule has 2 heteroatoms. The Hall–Kier alpha value is -1.57. The lowest BCUT2D eigenvalue weighted by atomic mass is 9.72. The molecule has 2 aliphatic rings. The van der Waals surface area contributed by atoms with Crippen molar-refractivity contribution in [3.05, 3.63) is 47.1 Å². The lowest BCUT2D eigenvalue weighted by Gasteiger charge is -2.32. The number of hydrogen-bond acceptors (Lipinski definition) is 1. The molecule has 0 spiro atoms. The summed E-state index contributed by atoms with van der Waals surface area (Å²) in [5.74, 6) is -0.891. The van der Waals surface area contributed by atoms with Gasteiger partial charge in [0, 0.05) is 6.08 Å². The Morgan fingerprint density at radius 3 is 2.64 bits per heavy atom. The Kier molecular flexibility index (Phi) is 4.51. The van der Waals surface area contributed by atoms with Crippen molar-refractivity contribution >= 4 is 5.97 Å². The summed E-state index contributed by atoms with van der Waals surface area (Å²) in [5.41, 5.74) is 5.60. The van der Waals surface area contributed by atoms with Crippen LogP contribution < -0.4 is 0 Å². The van der Waals surface area contributed by atoms with Crippen LogP contribution in [-0.2, 0) is 4.79 Å². The largest absolute Gasteiger partial charge is 0.478 e. The average Bonchev–Trinajstić information content (AvgIpc) is 2.63. The third-order valence-electron chi connectivity index (χ3n) is 5.37. The van der Waals surface area contributed by atoms with E-state index >= 15 is 0 Å². The molecule has 0 amide bonds. The van der Waals surface area contributed by atoms with Gasteiger partial charge in [0.25, 0.3) is 0 Å². The molecule has 2 nitrogen and oxygen atoms in total. The van der Waals surface area contributed by atoms with E-state index in [1.165, 1.54) is 36.5 Å². The number of carboxylic acid groups (broad SMARTS) is 1. The summed E-state index contributed by atoms with van der Waals surface area (Å²) >= 11 is 0. The first-order valence-electron chi connectivity index (χ1n) is 8.16. The van der Waals surface area contributed by atoms with Crippen LogP contribution in [0.4, 0.5) is 0 Å². The number of carboxylic acids is 1. The zero-order valence-corrected chi connectivity index (χ0v) is 14.3. The van der Waals surface area contributed by atoms with Gasteiger partial charge < -0.3 is 5.11 Å². The molecule has 0 aromatic heterocycles. The van der Waals surface area contributed by atoms with E-state index in [0.29, 0.717) is 5.41 Å². The van der Waals surface area contributed by atoms with E-state index in [-0.39, 0.29) is 5.41 Å². The Bertz CT molecular complexity index is 587. The second kappa shape index (κ2) is 5.91. The van der Waals surface area contributed by atoms with Crippen molar-refractivity contribution in [2.45, 2.75) is 59.8 Å². The van der Waals surface area contributed by atoms with Crippen LogP contribution in [0.1, 0.15) is 59.8 Å². The van der Waals surface area contributed by atoms with Crippen LogP contribution >= 0.6 is 0 Å². The van der Waals surface area contributed by atoms with Gasteiger partial charge in [-0.15, -0.1) is 0 Å². The van der Waals surface area contributed by atoms with Crippen LogP contribution in [0, 0.1) is 10.8 Å². The molecule has 1 unspecified atom stereocenters. The zero-order valence-electron chi connectivity index (χ0n) is 14.3. The molecule has 0 aromatic rings. The minimum Gasteiger partial charge on any atom is -0.478 e. The molecule has 22 heavy (non-hydrogen) atoms. The van der Waals surface area contributed by atoms with Gasteiger partial charge in [-0.1, -0.05) is 45.1 Å². The van der Waals surface area contributed by atoms with E-state index in [1.54, 1.807) is 5.57 Å². The molecule has 2 aliphatic carbocycles. The van der Waals surface area contributed by atoms with Crippen molar-refractivity contribution in [3.63, 3.8) is 0 Å². The first-order chi connectivity index (χ1) is 10.2. The highest BCUT2D eigenvalue weighted by Crippen LogP contribution is 2.57. The van der Waals surface area contributed by atoms with Gasteiger partial charge in [-0.2, -0.15) is 0 Å². The molecule has 1 N–H and O–H groups in total. The number of allylic oxidation sites excluding steroid dienone is 6. The minimum absolute atomic E-state index is 0.0896. The summed E-state index contributed by atoms with van der Waals surface area (Å²) in [6.45, 7) is 13.2. The fourth-order valence-corrected chi connectivity index (χ4v) is 3.90. The average molecular weight is 300 g/mol. The predicted molar refractivity (Wildman–Crippen MR) is 91.7 cm³/mol. The van der Waals surface area contributed by atoms with E-state index in [2.05, 4.69) is 33.4 Å². The Morgan fingerprint density at radius 2 is 2.05 bits per heavy atom. The highest BCUT2D eigenvalue weighted by Gasteiger charge is 2.43. The van der Waals surface area contributed by atoms with Crippen molar-refractivity contribution in [1.82, 2.24) is 0 Å². The Labute approximate surface area is 134 Å². The van der Waals surface area contributed by atoms with E-state index in [1.807, 2.05) is 13.0 Å². The third kappa shape index (κ3) is 3.26. The van der Waals surface area contributed by atoms with Gasteiger partial charge in [0.15, 0.2) is 0 Å². The number of rotatable bonds is 4. The first-order valence-corrected chi connectivity index (χ1v) is 8.16. The van der Waals surface area contributed by atoms with Gasteiger partial charge in [-0.3, -0.25) is 0 Å². The number of aliphatic carboxylic acids is 1. The van der Waals surface area contributed by atoms with Crippen molar-refractivity contribution in [1.29, 1.82) is 0 Å². The molecule has 2 rings (SSSR count). The second-order valence-electron chi connectivity index (χ2n) is 7.74. The number of hydrogen-bond donors (Lipinski definition) is 1. The molecule has 0 aliphatic heterocycles. The fraction of sp³-hybridized carbons (Fsp3) is 0.550. The Balaban J connectivity index is 2.13. The molecular weight excluding hydrogens is 272 g/mol. The van der Waals surface area contributed by atoms with Crippen LogP contribution in [0.2, 0.25) is 0 Å². The molecule has 0 heterocycles. The maximum atomic E-state index is 10.7. The summed E-state index contributed by atoms with van der Waals surface area (Å²) < 4.78 is 0. The van der Waals surface area contributed by atoms with Crippen molar-refractivity contribution in [2.24, 2.45) is 10.8 Å². The van der Waals surface area contributed by atoms with Gasteiger partial charge >= 0.3 is 5.97 Å². The maximum absolute atomic E-state index is 10.7. The lowest BCUT2D eigenvalue weighted by molar-refractivity contribution is -0.131. The van der Waals surface area contributed by atoms with Gasteiger partial charge in [-0.25, -0.2) is 4.79 Å². The normalized spacial score (nSPS) is 28.4. The lowest BCUT2D eigenvalue weighted by Crippen LogP contribution is -2.19. The molecule has 0 bridgehead atoms. The smallest absolute Gasteiger partial charge is 0.328 e. The summed E-state index contributed by atoms with van der Waals surface area (Å²) in [4.78, 5) is 10.7. The molecule has 0 saturated heterocycles. The van der Waals surface area contributed by atoms with Crippen LogP contribution in [0.25, 0.3) is 0 Å². The summed E-state index contributed by atoms with van der Waals surface area (Å²) in [6, 6.07) is 0. The molecule has 0 fully saturated rings. The van der Waals surface area contributed by atoms with Crippen molar-refractivity contribution < 1.29 is 9.90 Å². The van der Waals surface area contributed by atoms with Gasteiger partial charge in [-0.05, 0) is 66.6 Å². The van der Waals surface area contributed by atoms with Gasteiger partial charge in [0.05, 0.1) is 0 Å². The highest BCUT2D eigenvalue weighted by atomic mass is 16.4. The molecule has 0 radical (unpaired) electrons. The topological polar surface area (TPSA) is 37.3 Å². The first kappa shape index (κ1) is 16.8. The van der Waals surface area contributed by atoms with Crippen LogP contribution in [0.3, 0.4) is 0 Å². The molecule has 1 atom stereocenters. The van der Waals surface area contributed by atoms with Crippen molar-refractivity contribution in [3.8, 4) is 0 Å². The fourth-order valence-electron chi connectivity index (χ4n) is 3.90. The minimum atomic E-state index is -0.891. The summed E-state index contributed by atoms with van der Waals surface area (Å²) in [6.07, 6.45) is 11.0. The second-order valence-corrected chi connectivity index (χ2v) is 7.74. The Morgan fingerprint density at radius 1 is 1.36 bits per heavy atom.